The third-order valence-corrected chi connectivity index (χ3v) is 3.08. The van der Waals surface area contributed by atoms with Crippen LogP contribution in [0.15, 0.2) is 42.5 Å². The Balaban J connectivity index is 2.42. The molecule has 0 unspecified atom stereocenters. The van der Waals surface area contributed by atoms with Crippen LogP contribution < -0.4 is 5.73 Å². The number of nitrogens with two attached hydrogens (primary N) is 1. The van der Waals surface area contributed by atoms with Crippen molar-refractivity contribution in [2.24, 2.45) is 5.73 Å². The van der Waals surface area contributed by atoms with Crippen LogP contribution in [0.4, 0.5) is 0 Å². The fourth-order valence-electron chi connectivity index (χ4n) is 1.90. The maximum atomic E-state index is 12.3. The van der Waals surface area contributed by atoms with E-state index in [1.54, 1.807) is 37.3 Å². The maximum Gasteiger partial charge on any atom is 0.248 e. The highest BCUT2D eigenvalue weighted by atomic mass is 16.1. The van der Waals surface area contributed by atoms with Gasteiger partial charge in [-0.1, -0.05) is 42.0 Å². The van der Waals surface area contributed by atoms with Crippen LogP contribution in [0.5, 0.6) is 0 Å². The van der Waals surface area contributed by atoms with Gasteiger partial charge in [-0.25, -0.2) is 0 Å². The van der Waals surface area contributed by atoms with E-state index in [0.717, 1.165) is 11.1 Å². The van der Waals surface area contributed by atoms with Gasteiger partial charge in [0.25, 0.3) is 0 Å². The lowest BCUT2D eigenvalue weighted by atomic mass is 9.98. The number of hydrogen-bond acceptors (Lipinski definition) is 2. The molecule has 3 heteroatoms. The van der Waals surface area contributed by atoms with Gasteiger partial charge in [0, 0.05) is 16.7 Å². The Morgan fingerprint density at radius 1 is 0.895 bits per heavy atom. The number of rotatable bonds is 3. The molecule has 0 bridgehead atoms. The van der Waals surface area contributed by atoms with Crippen molar-refractivity contribution in [2.75, 3.05) is 0 Å². The minimum absolute atomic E-state index is 0.109. The van der Waals surface area contributed by atoms with E-state index in [9.17, 15) is 9.59 Å². The molecule has 2 N–H and O–H groups in total. The molecule has 96 valence electrons. The van der Waals surface area contributed by atoms with Gasteiger partial charge in [-0.2, -0.15) is 0 Å². The molecule has 0 fully saturated rings. The predicted octanol–water partition coefficient (Wildman–Crippen LogP) is 2.63. The summed E-state index contributed by atoms with van der Waals surface area (Å²) in [7, 11) is 0. The summed E-state index contributed by atoms with van der Waals surface area (Å²) in [6, 6.07) is 12.3. The van der Waals surface area contributed by atoms with Crippen LogP contribution in [0.25, 0.3) is 0 Å². The van der Waals surface area contributed by atoms with Crippen molar-refractivity contribution in [1.29, 1.82) is 0 Å². The average Bonchev–Trinajstić information content (AvgIpc) is 2.39. The predicted molar refractivity (Wildman–Crippen MR) is 74.3 cm³/mol. The van der Waals surface area contributed by atoms with Crippen molar-refractivity contribution in [3.63, 3.8) is 0 Å². The molecule has 2 aromatic carbocycles. The van der Waals surface area contributed by atoms with Gasteiger partial charge in [0.15, 0.2) is 5.78 Å². The minimum Gasteiger partial charge on any atom is -0.366 e. The number of hydrogen-bond donors (Lipinski definition) is 1. The first-order valence-electron chi connectivity index (χ1n) is 6.01. The fraction of sp³-hybridized carbons (Fsp3) is 0.125. The summed E-state index contributed by atoms with van der Waals surface area (Å²) in [6.07, 6.45) is 0. The molecule has 0 aromatic heterocycles. The summed E-state index contributed by atoms with van der Waals surface area (Å²) in [6.45, 7) is 3.76. The standard InChI is InChI=1S/C16H15NO2/c1-10-3-6-12(7-4-10)15(18)13-8-5-11(2)14(9-13)16(17)19/h3-9H,1-2H3,(H2,17,19). The quantitative estimate of drug-likeness (QED) is 0.855. The number of primary amides is 1. The van der Waals surface area contributed by atoms with Crippen molar-refractivity contribution >= 4 is 11.7 Å². The molecule has 0 atom stereocenters. The molecule has 3 nitrogen and oxygen atoms in total. The Morgan fingerprint density at radius 3 is 2.05 bits per heavy atom. The Labute approximate surface area is 112 Å². The van der Waals surface area contributed by atoms with Gasteiger partial charge in [-0.3, -0.25) is 9.59 Å². The van der Waals surface area contributed by atoms with Gasteiger partial charge in [0.2, 0.25) is 5.91 Å². The highest BCUT2D eigenvalue weighted by Crippen LogP contribution is 2.15. The normalized spacial score (nSPS) is 10.2. The zero-order valence-electron chi connectivity index (χ0n) is 10.9. The highest BCUT2D eigenvalue weighted by molar-refractivity contribution is 6.10. The second-order valence-electron chi connectivity index (χ2n) is 4.59. The van der Waals surface area contributed by atoms with Crippen LogP contribution in [0.3, 0.4) is 0 Å². The third-order valence-electron chi connectivity index (χ3n) is 3.08. The molecular weight excluding hydrogens is 238 g/mol. The first-order chi connectivity index (χ1) is 8.99. The van der Waals surface area contributed by atoms with Crippen molar-refractivity contribution in [2.45, 2.75) is 13.8 Å². The summed E-state index contributed by atoms with van der Waals surface area (Å²) in [5.74, 6) is -0.626. The molecule has 0 aliphatic carbocycles. The summed E-state index contributed by atoms with van der Waals surface area (Å²) < 4.78 is 0. The zero-order chi connectivity index (χ0) is 14.0. The molecular formula is C16H15NO2. The van der Waals surface area contributed by atoms with Crippen LogP contribution >= 0.6 is 0 Å². The molecule has 0 spiro atoms. The Morgan fingerprint density at radius 2 is 1.47 bits per heavy atom. The van der Waals surface area contributed by atoms with Crippen LogP contribution in [0.2, 0.25) is 0 Å². The van der Waals surface area contributed by atoms with E-state index in [1.165, 1.54) is 0 Å². The minimum atomic E-state index is -0.518. The Bertz CT molecular complexity index is 642. The maximum absolute atomic E-state index is 12.3. The SMILES string of the molecule is Cc1ccc(C(=O)c2ccc(C)c(C(N)=O)c2)cc1. The highest BCUT2D eigenvalue weighted by Gasteiger charge is 2.12. The molecule has 0 saturated heterocycles. The first kappa shape index (κ1) is 13.0. The van der Waals surface area contributed by atoms with E-state index in [4.69, 9.17) is 5.73 Å². The molecule has 0 saturated carbocycles. The molecule has 0 radical (unpaired) electrons. The van der Waals surface area contributed by atoms with Gasteiger partial charge < -0.3 is 5.73 Å². The largest absolute Gasteiger partial charge is 0.366 e. The lowest BCUT2D eigenvalue weighted by Gasteiger charge is -2.06. The molecule has 0 heterocycles. The smallest absolute Gasteiger partial charge is 0.248 e. The number of amides is 1. The second kappa shape index (κ2) is 5.06. The van der Waals surface area contributed by atoms with E-state index in [0.29, 0.717) is 16.7 Å². The summed E-state index contributed by atoms with van der Waals surface area (Å²) in [4.78, 5) is 23.6. The number of carbonyl (C=O) groups is 2. The third kappa shape index (κ3) is 2.71. The first-order valence-corrected chi connectivity index (χ1v) is 6.01. The van der Waals surface area contributed by atoms with E-state index < -0.39 is 5.91 Å². The van der Waals surface area contributed by atoms with Gasteiger partial charge in [0.05, 0.1) is 0 Å². The molecule has 2 aromatic rings. The van der Waals surface area contributed by atoms with E-state index in [-0.39, 0.29) is 5.78 Å². The second-order valence-corrected chi connectivity index (χ2v) is 4.59. The van der Waals surface area contributed by atoms with Crippen molar-refractivity contribution in [3.05, 3.63) is 70.3 Å². The molecule has 1 amide bonds. The monoisotopic (exact) mass is 253 g/mol. The van der Waals surface area contributed by atoms with Crippen LogP contribution in [0.1, 0.15) is 37.4 Å². The summed E-state index contributed by atoms with van der Waals surface area (Å²) in [5.41, 5.74) is 8.62. The lowest BCUT2D eigenvalue weighted by molar-refractivity contribution is 0.0999. The van der Waals surface area contributed by atoms with E-state index in [1.807, 2.05) is 19.1 Å². The summed E-state index contributed by atoms with van der Waals surface area (Å²) in [5, 5.41) is 0. The molecule has 0 aliphatic heterocycles. The van der Waals surface area contributed by atoms with Crippen molar-refractivity contribution in [1.82, 2.24) is 0 Å². The van der Waals surface area contributed by atoms with Crippen LogP contribution in [0, 0.1) is 13.8 Å². The topological polar surface area (TPSA) is 60.2 Å². The van der Waals surface area contributed by atoms with Crippen LogP contribution in [-0.2, 0) is 0 Å². The van der Waals surface area contributed by atoms with Crippen molar-refractivity contribution in [3.8, 4) is 0 Å². The fourth-order valence-corrected chi connectivity index (χ4v) is 1.90. The zero-order valence-corrected chi connectivity index (χ0v) is 10.9. The Hall–Kier alpha value is -2.42. The van der Waals surface area contributed by atoms with Gasteiger partial charge in [-0.05, 0) is 25.5 Å². The molecule has 2 rings (SSSR count). The Kier molecular flexibility index (Phi) is 3.47. The molecule has 19 heavy (non-hydrogen) atoms. The summed E-state index contributed by atoms with van der Waals surface area (Å²) >= 11 is 0. The van der Waals surface area contributed by atoms with Gasteiger partial charge in [-0.15, -0.1) is 0 Å². The number of ketones is 1. The lowest BCUT2D eigenvalue weighted by Crippen LogP contribution is -2.14. The number of aryl methyl sites for hydroxylation is 2. The average molecular weight is 253 g/mol. The van der Waals surface area contributed by atoms with E-state index >= 15 is 0 Å². The van der Waals surface area contributed by atoms with Gasteiger partial charge >= 0.3 is 0 Å². The number of benzene rings is 2. The van der Waals surface area contributed by atoms with E-state index in [2.05, 4.69) is 0 Å². The van der Waals surface area contributed by atoms with Gasteiger partial charge in [0.1, 0.15) is 0 Å². The van der Waals surface area contributed by atoms with Crippen molar-refractivity contribution < 1.29 is 9.59 Å². The molecule has 0 aliphatic rings. The number of carbonyl (C=O) groups excluding carboxylic acids is 2. The van der Waals surface area contributed by atoms with Crippen LogP contribution in [-0.4, -0.2) is 11.7 Å².